The van der Waals surface area contributed by atoms with Crippen molar-refractivity contribution in [2.24, 2.45) is 39.7 Å². The second-order valence-corrected chi connectivity index (χ2v) is 13.9. The molecule has 4 saturated carbocycles. The van der Waals surface area contributed by atoms with Crippen LogP contribution in [0.15, 0.2) is 29.4 Å². The van der Waals surface area contributed by atoms with Crippen molar-refractivity contribution >= 4 is 17.6 Å². The zero-order chi connectivity index (χ0) is 30.6. The Kier molecular flexibility index (Phi) is 7.78. The first kappa shape index (κ1) is 30.3. The standard InChI is InChI=1S/C31H42F3N5O4/c1-28-13-11-21(15-20(28)7-8-22-23-9-10-25(40)29(23,2)14-12-24(22)28)37-43-17-26(41)36-27(42)35-16-18-3-5-19(6-4-18)30(38-39-30)31(32,33)34/h3-6,20,22-25,38-40H,7-17H2,1-2H3,(H2,35,36,41,42)/b37-21+/t20-,22-,23-,24-,25-,28-,29-/m0/s1. The van der Waals surface area contributed by atoms with Crippen LogP contribution in [-0.4, -0.2) is 41.6 Å². The third kappa shape index (κ3) is 5.44. The maximum atomic E-state index is 13.2. The van der Waals surface area contributed by atoms with Gasteiger partial charge in [0.1, 0.15) is 0 Å². The predicted molar refractivity (Wildman–Crippen MR) is 152 cm³/mol. The quantitative estimate of drug-likeness (QED) is 0.237. The number of fused-ring (bicyclic) bond motifs is 5. The largest absolute Gasteiger partial charge is 0.426 e. The highest BCUT2D eigenvalue weighted by Gasteiger charge is 2.65. The number of carbonyl (C=O) groups is 2. The zero-order valence-corrected chi connectivity index (χ0v) is 24.7. The van der Waals surface area contributed by atoms with Crippen LogP contribution in [0.1, 0.15) is 82.8 Å². The van der Waals surface area contributed by atoms with Crippen LogP contribution in [0.25, 0.3) is 0 Å². The minimum Gasteiger partial charge on any atom is -0.393 e. The lowest BCUT2D eigenvalue weighted by molar-refractivity contribution is -0.165. The van der Waals surface area contributed by atoms with Crippen molar-refractivity contribution in [3.05, 3.63) is 35.4 Å². The van der Waals surface area contributed by atoms with Gasteiger partial charge in [-0.3, -0.25) is 10.1 Å². The molecule has 236 valence electrons. The number of nitrogens with zero attached hydrogens (tertiary/aromatic N) is 1. The summed E-state index contributed by atoms with van der Waals surface area (Å²) < 4.78 is 39.6. The van der Waals surface area contributed by atoms with Crippen LogP contribution in [-0.2, 0) is 21.8 Å². The van der Waals surface area contributed by atoms with E-state index < -0.39 is 23.8 Å². The van der Waals surface area contributed by atoms with E-state index in [1.807, 2.05) is 0 Å². The van der Waals surface area contributed by atoms with Gasteiger partial charge >= 0.3 is 12.2 Å². The Labute approximate surface area is 249 Å². The van der Waals surface area contributed by atoms with Crippen LogP contribution in [0.2, 0.25) is 0 Å². The van der Waals surface area contributed by atoms with Crippen molar-refractivity contribution in [2.45, 2.75) is 96.1 Å². The molecule has 6 rings (SSSR count). The van der Waals surface area contributed by atoms with E-state index in [2.05, 4.69) is 40.5 Å². The maximum absolute atomic E-state index is 13.2. The molecule has 4 aliphatic carbocycles. The van der Waals surface area contributed by atoms with Crippen LogP contribution in [0.5, 0.6) is 0 Å². The number of amides is 3. The van der Waals surface area contributed by atoms with Gasteiger partial charge in [0.05, 0.1) is 11.8 Å². The van der Waals surface area contributed by atoms with Gasteiger partial charge in [0.2, 0.25) is 5.66 Å². The number of nitrogens with one attached hydrogen (secondary N) is 4. The highest BCUT2D eigenvalue weighted by atomic mass is 19.4. The van der Waals surface area contributed by atoms with Gasteiger partial charge in [-0.2, -0.15) is 13.2 Å². The highest BCUT2D eigenvalue weighted by Crippen LogP contribution is 2.66. The number of alkyl halides is 3. The Bertz CT molecular complexity index is 1270. The molecule has 5 fully saturated rings. The molecule has 1 saturated heterocycles. The maximum Gasteiger partial charge on any atom is 0.426 e. The zero-order valence-electron chi connectivity index (χ0n) is 24.7. The summed E-state index contributed by atoms with van der Waals surface area (Å²) in [6, 6.07) is 4.90. The SMILES string of the molecule is C[C@]12CC/C(=N\OCC(=O)NC(=O)NCc3ccc(C4(C(F)(F)F)NN4)cc3)C[C@@H]1CC[C@@H]1[C@@H]2CC[C@]2(C)[C@@H](O)CC[C@@H]12. The van der Waals surface area contributed by atoms with E-state index in [0.717, 1.165) is 50.7 Å². The summed E-state index contributed by atoms with van der Waals surface area (Å²) >= 11 is 0. The fraction of sp³-hybridized carbons (Fsp3) is 0.710. The number of oxime groups is 1. The van der Waals surface area contributed by atoms with Crippen LogP contribution in [0.3, 0.4) is 0 Å². The molecule has 1 aromatic rings. The molecule has 0 aromatic heterocycles. The molecule has 1 heterocycles. The molecule has 0 bridgehead atoms. The normalized spacial score (nSPS) is 37.1. The molecule has 3 amide bonds. The van der Waals surface area contributed by atoms with Crippen molar-refractivity contribution in [3.8, 4) is 0 Å². The number of hydrogen-bond acceptors (Lipinski definition) is 7. The number of benzene rings is 1. The summed E-state index contributed by atoms with van der Waals surface area (Å²) in [7, 11) is 0. The lowest BCUT2D eigenvalue weighted by Crippen LogP contribution is -2.54. The summed E-state index contributed by atoms with van der Waals surface area (Å²) in [5, 5.41) is 19.7. The lowest BCUT2D eigenvalue weighted by Gasteiger charge is -2.60. The second kappa shape index (κ2) is 11.0. The number of rotatable bonds is 6. The van der Waals surface area contributed by atoms with Gasteiger partial charge in [0.15, 0.2) is 6.61 Å². The van der Waals surface area contributed by atoms with E-state index in [9.17, 15) is 27.9 Å². The number of urea groups is 1. The first-order valence-corrected chi connectivity index (χ1v) is 15.5. The van der Waals surface area contributed by atoms with Gasteiger partial charge in [-0.05, 0) is 103 Å². The Morgan fingerprint density at radius 1 is 1.02 bits per heavy atom. The summed E-state index contributed by atoms with van der Waals surface area (Å²) in [4.78, 5) is 29.7. The van der Waals surface area contributed by atoms with Gasteiger partial charge < -0.3 is 15.3 Å². The fourth-order valence-corrected chi connectivity index (χ4v) is 9.07. The molecule has 5 N–H and O–H groups in total. The van der Waals surface area contributed by atoms with Gasteiger partial charge in [-0.25, -0.2) is 15.6 Å². The average molecular weight is 606 g/mol. The number of aliphatic hydroxyl groups excluding tert-OH is 1. The number of imide groups is 1. The Balaban J connectivity index is 0.939. The van der Waals surface area contributed by atoms with E-state index in [4.69, 9.17) is 4.84 Å². The molecule has 9 nitrogen and oxygen atoms in total. The number of hydrazine groups is 1. The molecule has 7 atom stereocenters. The monoisotopic (exact) mass is 605 g/mol. The van der Waals surface area contributed by atoms with Crippen LogP contribution < -0.4 is 21.5 Å². The number of carbonyl (C=O) groups excluding carboxylic acids is 2. The van der Waals surface area contributed by atoms with Crippen LogP contribution in [0, 0.1) is 34.5 Å². The summed E-state index contributed by atoms with van der Waals surface area (Å²) in [6.45, 7) is 4.41. The molecule has 0 radical (unpaired) electrons. The molecule has 5 aliphatic rings. The molecule has 0 unspecified atom stereocenters. The second-order valence-electron chi connectivity index (χ2n) is 13.9. The van der Waals surface area contributed by atoms with Gasteiger partial charge in [-0.15, -0.1) is 0 Å². The highest BCUT2D eigenvalue weighted by molar-refractivity contribution is 5.95. The molecule has 1 aromatic carbocycles. The first-order chi connectivity index (χ1) is 20.4. The third-order valence-corrected chi connectivity index (χ3v) is 11.7. The van der Waals surface area contributed by atoms with Gasteiger partial charge in [0, 0.05) is 6.54 Å². The third-order valence-electron chi connectivity index (χ3n) is 11.7. The fourth-order valence-electron chi connectivity index (χ4n) is 9.07. The van der Waals surface area contributed by atoms with E-state index in [1.54, 1.807) is 0 Å². The van der Waals surface area contributed by atoms with E-state index >= 15 is 0 Å². The van der Waals surface area contributed by atoms with Crippen LogP contribution in [0.4, 0.5) is 18.0 Å². The average Bonchev–Trinajstić information content (AvgIpc) is 3.73. The number of hydrogen-bond donors (Lipinski definition) is 5. The van der Waals surface area contributed by atoms with Gasteiger partial charge in [-0.1, -0.05) is 43.3 Å². The first-order valence-electron chi connectivity index (χ1n) is 15.5. The van der Waals surface area contributed by atoms with Crippen molar-refractivity contribution in [2.75, 3.05) is 6.61 Å². The Morgan fingerprint density at radius 3 is 2.44 bits per heavy atom. The van der Waals surface area contributed by atoms with E-state index in [-0.39, 0.29) is 35.6 Å². The smallest absolute Gasteiger partial charge is 0.393 e. The molecule has 1 aliphatic heterocycles. The molecular formula is C31H42F3N5O4. The van der Waals surface area contributed by atoms with Crippen molar-refractivity contribution in [1.82, 2.24) is 21.5 Å². The topological polar surface area (TPSA) is 144 Å². The summed E-state index contributed by atoms with van der Waals surface area (Å²) in [5.74, 6) is 1.90. The van der Waals surface area contributed by atoms with Crippen molar-refractivity contribution in [3.63, 3.8) is 0 Å². The lowest BCUT2D eigenvalue weighted by atomic mass is 9.45. The Hall–Kier alpha value is -2.70. The van der Waals surface area contributed by atoms with Gasteiger partial charge in [0.25, 0.3) is 5.91 Å². The Morgan fingerprint density at radius 2 is 1.74 bits per heavy atom. The van der Waals surface area contributed by atoms with Crippen LogP contribution >= 0.6 is 0 Å². The van der Waals surface area contributed by atoms with E-state index in [0.29, 0.717) is 29.2 Å². The summed E-state index contributed by atoms with van der Waals surface area (Å²) in [6.07, 6.45) is 4.83. The summed E-state index contributed by atoms with van der Waals surface area (Å²) in [5.41, 5.74) is 3.95. The molecule has 12 heteroatoms. The predicted octanol–water partition coefficient (Wildman–Crippen LogP) is 4.61. The minimum atomic E-state index is -4.49. The number of aliphatic hydroxyl groups is 1. The van der Waals surface area contributed by atoms with Crippen molar-refractivity contribution < 1.29 is 32.7 Å². The molecular weight excluding hydrogens is 563 g/mol. The molecule has 43 heavy (non-hydrogen) atoms. The molecule has 0 spiro atoms. The van der Waals surface area contributed by atoms with E-state index in [1.165, 1.54) is 37.1 Å². The minimum absolute atomic E-state index is 0.0174. The van der Waals surface area contributed by atoms with Crippen molar-refractivity contribution in [1.29, 1.82) is 0 Å². The number of halogens is 3.